The van der Waals surface area contributed by atoms with Crippen molar-refractivity contribution < 1.29 is 0 Å². The first-order chi connectivity index (χ1) is 7.26. The zero-order chi connectivity index (χ0) is 11.5. The van der Waals surface area contributed by atoms with Crippen molar-refractivity contribution in [2.75, 3.05) is 7.05 Å². The first kappa shape index (κ1) is 14.2. The van der Waals surface area contributed by atoms with Crippen LogP contribution in [0.5, 0.6) is 0 Å². The van der Waals surface area contributed by atoms with E-state index >= 15 is 0 Å². The highest BCUT2D eigenvalue weighted by atomic mass is 14.8. The molecule has 15 heavy (non-hydrogen) atoms. The second-order valence-corrected chi connectivity index (χ2v) is 3.77. The molecule has 1 unspecified atom stereocenters. The van der Waals surface area contributed by atoms with Crippen LogP contribution in [0.2, 0.25) is 0 Å². The van der Waals surface area contributed by atoms with Crippen LogP contribution in [0, 0.1) is 0 Å². The molecule has 0 aliphatic heterocycles. The lowest BCUT2D eigenvalue weighted by Gasteiger charge is -2.08. The molecule has 0 saturated carbocycles. The van der Waals surface area contributed by atoms with Gasteiger partial charge in [0.2, 0.25) is 0 Å². The summed E-state index contributed by atoms with van der Waals surface area (Å²) in [7, 11) is 1.97. The second kappa shape index (κ2) is 9.72. The van der Waals surface area contributed by atoms with Gasteiger partial charge >= 0.3 is 0 Å². The maximum atomic E-state index is 3.18. The third-order valence-corrected chi connectivity index (χ3v) is 2.44. The first-order valence-corrected chi connectivity index (χ1v) is 5.98. The molecule has 0 spiro atoms. The van der Waals surface area contributed by atoms with Crippen molar-refractivity contribution in [3.63, 3.8) is 0 Å². The molecule has 1 nitrogen and oxygen atoms in total. The van der Waals surface area contributed by atoms with E-state index in [4.69, 9.17) is 0 Å². The van der Waals surface area contributed by atoms with Crippen molar-refractivity contribution in [3.05, 3.63) is 35.9 Å². The van der Waals surface area contributed by atoms with Crippen LogP contribution in [-0.4, -0.2) is 7.05 Å². The molecule has 0 aromatic heterocycles. The summed E-state index contributed by atoms with van der Waals surface area (Å²) in [5.41, 5.74) is 1.34. The molecular formula is C14H25N. The molecule has 0 bridgehead atoms. The van der Waals surface area contributed by atoms with E-state index in [2.05, 4.69) is 50.4 Å². The Kier molecular flexibility index (Phi) is 9.19. The summed E-state index contributed by atoms with van der Waals surface area (Å²) in [4.78, 5) is 0. The van der Waals surface area contributed by atoms with Crippen LogP contribution in [0.15, 0.2) is 30.3 Å². The first-order valence-electron chi connectivity index (χ1n) is 5.98. The Morgan fingerprint density at radius 2 is 1.60 bits per heavy atom. The lowest BCUT2D eigenvalue weighted by Crippen LogP contribution is -2.11. The summed E-state index contributed by atoms with van der Waals surface area (Å²) < 4.78 is 0. The average molecular weight is 207 g/mol. The molecule has 0 radical (unpaired) electrons. The molecule has 86 valence electrons. The van der Waals surface area contributed by atoms with Crippen LogP contribution in [0.1, 0.15) is 51.6 Å². The molecule has 0 saturated heterocycles. The Balaban J connectivity index is 0.000000336. The number of benzene rings is 1. The number of rotatable bonds is 4. The standard InChI is InChI=1S/C9H13N.C5H12/c1-8(10-2)9-6-4-3-5-7-9;1-3-5-4-2/h3-8,10H,1-2H3;3-5H2,1-2H3. The fourth-order valence-electron chi connectivity index (χ4n) is 1.26. The lowest BCUT2D eigenvalue weighted by atomic mass is 10.1. The Labute approximate surface area is 94.9 Å². The van der Waals surface area contributed by atoms with Crippen LogP contribution in [0.4, 0.5) is 0 Å². The third kappa shape index (κ3) is 7.15. The van der Waals surface area contributed by atoms with E-state index < -0.39 is 0 Å². The molecule has 0 aliphatic carbocycles. The fourth-order valence-corrected chi connectivity index (χ4v) is 1.26. The van der Waals surface area contributed by atoms with Gasteiger partial charge in [0.25, 0.3) is 0 Å². The average Bonchev–Trinajstić information content (AvgIpc) is 2.31. The van der Waals surface area contributed by atoms with Crippen LogP contribution in [0.25, 0.3) is 0 Å². The van der Waals surface area contributed by atoms with E-state index in [9.17, 15) is 0 Å². The predicted octanol–water partition coefficient (Wildman–Crippen LogP) is 4.16. The minimum atomic E-state index is 0.459. The third-order valence-electron chi connectivity index (χ3n) is 2.44. The van der Waals surface area contributed by atoms with Crippen molar-refractivity contribution in [2.45, 2.75) is 46.1 Å². The highest BCUT2D eigenvalue weighted by molar-refractivity contribution is 5.17. The molecule has 0 amide bonds. The summed E-state index contributed by atoms with van der Waals surface area (Å²) in [5, 5.41) is 3.18. The van der Waals surface area contributed by atoms with E-state index in [-0.39, 0.29) is 0 Å². The lowest BCUT2D eigenvalue weighted by molar-refractivity contribution is 0.652. The largest absolute Gasteiger partial charge is 0.313 e. The van der Waals surface area contributed by atoms with Crippen molar-refractivity contribution in [1.82, 2.24) is 5.32 Å². The van der Waals surface area contributed by atoms with Gasteiger partial charge in [0.15, 0.2) is 0 Å². The number of unbranched alkanes of at least 4 members (excludes halogenated alkanes) is 2. The van der Waals surface area contributed by atoms with Crippen LogP contribution < -0.4 is 5.32 Å². The normalized spacial score (nSPS) is 11.5. The topological polar surface area (TPSA) is 12.0 Å². The summed E-state index contributed by atoms with van der Waals surface area (Å²) in [6, 6.07) is 10.9. The van der Waals surface area contributed by atoms with Gasteiger partial charge in [0.05, 0.1) is 0 Å². The number of nitrogens with one attached hydrogen (secondary N) is 1. The minimum absolute atomic E-state index is 0.459. The van der Waals surface area contributed by atoms with Gasteiger partial charge in [-0.1, -0.05) is 63.4 Å². The second-order valence-electron chi connectivity index (χ2n) is 3.77. The van der Waals surface area contributed by atoms with Gasteiger partial charge in [-0.3, -0.25) is 0 Å². The zero-order valence-electron chi connectivity index (χ0n) is 10.6. The van der Waals surface area contributed by atoms with Crippen LogP contribution in [-0.2, 0) is 0 Å². The van der Waals surface area contributed by atoms with Crippen molar-refractivity contribution in [3.8, 4) is 0 Å². The molecule has 1 aromatic rings. The SMILES string of the molecule is CCCCC.CNC(C)c1ccccc1. The number of hydrogen-bond acceptors (Lipinski definition) is 1. The van der Waals surface area contributed by atoms with E-state index in [0.717, 1.165) is 0 Å². The molecule has 1 rings (SSSR count). The van der Waals surface area contributed by atoms with Crippen LogP contribution in [0.3, 0.4) is 0 Å². The maximum absolute atomic E-state index is 3.18. The highest BCUT2D eigenvalue weighted by Gasteiger charge is 1.97. The van der Waals surface area contributed by atoms with E-state index in [0.29, 0.717) is 6.04 Å². The zero-order valence-corrected chi connectivity index (χ0v) is 10.6. The Bertz CT molecular complexity index is 216. The Hall–Kier alpha value is -0.820. The molecule has 1 N–H and O–H groups in total. The summed E-state index contributed by atoms with van der Waals surface area (Å²) in [6.45, 7) is 6.57. The molecule has 1 heteroatoms. The highest BCUT2D eigenvalue weighted by Crippen LogP contribution is 2.09. The molecule has 0 heterocycles. The van der Waals surface area contributed by atoms with Crippen molar-refractivity contribution in [2.24, 2.45) is 0 Å². The van der Waals surface area contributed by atoms with Gasteiger partial charge in [-0.25, -0.2) is 0 Å². The summed E-state index contributed by atoms with van der Waals surface area (Å²) >= 11 is 0. The van der Waals surface area contributed by atoms with Gasteiger partial charge < -0.3 is 5.32 Å². The summed E-state index contributed by atoms with van der Waals surface area (Å²) in [6.07, 6.45) is 4.08. The predicted molar refractivity (Wildman–Crippen MR) is 69.1 cm³/mol. The van der Waals surface area contributed by atoms with Crippen molar-refractivity contribution >= 4 is 0 Å². The molecule has 1 aromatic carbocycles. The molecule has 0 fully saturated rings. The molecular weight excluding hydrogens is 182 g/mol. The quantitative estimate of drug-likeness (QED) is 0.781. The van der Waals surface area contributed by atoms with Gasteiger partial charge in [0, 0.05) is 6.04 Å². The monoisotopic (exact) mass is 207 g/mol. The van der Waals surface area contributed by atoms with Gasteiger partial charge in [0.1, 0.15) is 0 Å². The summed E-state index contributed by atoms with van der Waals surface area (Å²) in [5.74, 6) is 0. The fraction of sp³-hybridized carbons (Fsp3) is 0.571. The van der Waals surface area contributed by atoms with Crippen molar-refractivity contribution in [1.29, 1.82) is 0 Å². The van der Waals surface area contributed by atoms with E-state index in [1.165, 1.54) is 24.8 Å². The Morgan fingerprint density at radius 1 is 1.07 bits per heavy atom. The smallest absolute Gasteiger partial charge is 0.0289 e. The Morgan fingerprint density at radius 3 is 1.93 bits per heavy atom. The minimum Gasteiger partial charge on any atom is -0.313 e. The number of hydrogen-bond donors (Lipinski definition) is 1. The van der Waals surface area contributed by atoms with E-state index in [1.807, 2.05) is 13.1 Å². The maximum Gasteiger partial charge on any atom is 0.0289 e. The van der Waals surface area contributed by atoms with Gasteiger partial charge in [-0.05, 0) is 19.5 Å². The van der Waals surface area contributed by atoms with E-state index in [1.54, 1.807) is 0 Å². The van der Waals surface area contributed by atoms with Gasteiger partial charge in [-0.2, -0.15) is 0 Å². The van der Waals surface area contributed by atoms with Gasteiger partial charge in [-0.15, -0.1) is 0 Å². The van der Waals surface area contributed by atoms with Crippen LogP contribution >= 0.6 is 0 Å². The molecule has 0 aliphatic rings. The molecule has 1 atom stereocenters.